The molecule has 1 atom stereocenters. The van der Waals surface area contributed by atoms with E-state index in [9.17, 15) is 4.79 Å². The molecule has 1 heterocycles. The molecule has 2 amide bonds. The first-order valence-electron chi connectivity index (χ1n) is 9.24. The molecule has 138 valence electrons. The van der Waals surface area contributed by atoms with Gasteiger partial charge in [-0.05, 0) is 17.5 Å². The largest absolute Gasteiger partial charge is 0.379 e. The zero-order chi connectivity index (χ0) is 18.0. The van der Waals surface area contributed by atoms with Crippen molar-refractivity contribution >= 4 is 6.03 Å². The Hall–Kier alpha value is -2.37. The number of carbonyl (C=O) groups excluding carboxylic acids is 1. The van der Waals surface area contributed by atoms with E-state index in [2.05, 4.69) is 39.8 Å². The number of carbonyl (C=O) groups is 1. The molecule has 2 aromatic carbocycles. The molecule has 26 heavy (non-hydrogen) atoms. The summed E-state index contributed by atoms with van der Waals surface area (Å²) in [6.07, 6.45) is 0.827. The molecule has 2 aromatic rings. The summed E-state index contributed by atoms with van der Waals surface area (Å²) < 4.78 is 5.42. The Morgan fingerprint density at radius 2 is 1.65 bits per heavy atom. The lowest BCUT2D eigenvalue weighted by atomic mass is 10.1. The van der Waals surface area contributed by atoms with Crippen LogP contribution in [0.3, 0.4) is 0 Å². The average molecular weight is 353 g/mol. The van der Waals surface area contributed by atoms with E-state index in [4.69, 9.17) is 4.74 Å². The second kappa shape index (κ2) is 9.94. The summed E-state index contributed by atoms with van der Waals surface area (Å²) in [5.41, 5.74) is 2.35. The van der Waals surface area contributed by atoms with Crippen LogP contribution in [0.2, 0.25) is 0 Å². The van der Waals surface area contributed by atoms with E-state index in [0.29, 0.717) is 6.54 Å². The van der Waals surface area contributed by atoms with Gasteiger partial charge in [0.2, 0.25) is 0 Å². The van der Waals surface area contributed by atoms with Crippen molar-refractivity contribution in [2.24, 2.45) is 0 Å². The zero-order valence-corrected chi connectivity index (χ0v) is 15.1. The van der Waals surface area contributed by atoms with Crippen LogP contribution in [0, 0.1) is 0 Å². The average Bonchev–Trinajstić information content (AvgIpc) is 2.70. The molecule has 0 unspecified atom stereocenters. The van der Waals surface area contributed by atoms with Crippen molar-refractivity contribution in [3.05, 3.63) is 71.8 Å². The van der Waals surface area contributed by atoms with Gasteiger partial charge in [0.15, 0.2) is 0 Å². The highest BCUT2D eigenvalue weighted by Crippen LogP contribution is 2.15. The van der Waals surface area contributed by atoms with Crippen LogP contribution in [-0.4, -0.2) is 50.3 Å². The standard InChI is InChI=1S/C21H27N3O2/c25-21(22-12-11-18-7-3-1-4-8-18)23-20(19-9-5-2-6-10-19)17-24-13-15-26-16-14-24/h1-10,20H,11-17H2,(H2,22,23,25)/t20-/m0/s1. The molecule has 1 aliphatic heterocycles. The number of nitrogens with zero attached hydrogens (tertiary/aromatic N) is 1. The second-order valence-electron chi connectivity index (χ2n) is 6.51. The predicted molar refractivity (Wildman–Crippen MR) is 103 cm³/mol. The molecule has 1 saturated heterocycles. The summed E-state index contributed by atoms with van der Waals surface area (Å²) in [6, 6.07) is 20.2. The fraction of sp³-hybridized carbons (Fsp3) is 0.381. The van der Waals surface area contributed by atoms with Crippen molar-refractivity contribution in [2.75, 3.05) is 39.4 Å². The van der Waals surface area contributed by atoms with Crippen molar-refractivity contribution in [3.63, 3.8) is 0 Å². The van der Waals surface area contributed by atoms with Gasteiger partial charge in [-0.15, -0.1) is 0 Å². The van der Waals surface area contributed by atoms with Gasteiger partial charge in [0.1, 0.15) is 0 Å². The van der Waals surface area contributed by atoms with Gasteiger partial charge < -0.3 is 15.4 Å². The van der Waals surface area contributed by atoms with Gasteiger partial charge in [0.25, 0.3) is 0 Å². The topological polar surface area (TPSA) is 53.6 Å². The lowest BCUT2D eigenvalue weighted by molar-refractivity contribution is 0.0340. The number of ether oxygens (including phenoxy) is 1. The van der Waals surface area contributed by atoms with Crippen LogP contribution in [-0.2, 0) is 11.2 Å². The van der Waals surface area contributed by atoms with Crippen molar-refractivity contribution in [1.82, 2.24) is 15.5 Å². The zero-order valence-electron chi connectivity index (χ0n) is 15.1. The van der Waals surface area contributed by atoms with E-state index < -0.39 is 0 Å². The first kappa shape index (κ1) is 18.4. The molecule has 0 bridgehead atoms. The SMILES string of the molecule is O=C(NCCc1ccccc1)N[C@@H](CN1CCOCC1)c1ccccc1. The molecule has 1 fully saturated rings. The highest BCUT2D eigenvalue weighted by atomic mass is 16.5. The van der Waals surface area contributed by atoms with Gasteiger partial charge in [0, 0.05) is 26.2 Å². The number of amides is 2. The predicted octanol–water partition coefficient (Wildman–Crippen LogP) is 2.60. The van der Waals surface area contributed by atoms with Gasteiger partial charge in [0.05, 0.1) is 19.3 Å². The van der Waals surface area contributed by atoms with Gasteiger partial charge in [-0.3, -0.25) is 4.90 Å². The quantitative estimate of drug-likeness (QED) is 0.804. The maximum Gasteiger partial charge on any atom is 0.315 e. The minimum atomic E-state index is -0.122. The number of nitrogens with one attached hydrogen (secondary N) is 2. The monoisotopic (exact) mass is 353 g/mol. The lowest BCUT2D eigenvalue weighted by Gasteiger charge is -2.31. The molecule has 5 nitrogen and oxygen atoms in total. The minimum Gasteiger partial charge on any atom is -0.379 e. The summed E-state index contributed by atoms with van der Waals surface area (Å²) in [7, 11) is 0. The Morgan fingerprint density at radius 3 is 2.35 bits per heavy atom. The fourth-order valence-electron chi connectivity index (χ4n) is 3.14. The Bertz CT molecular complexity index is 657. The Labute approximate surface area is 155 Å². The molecule has 0 radical (unpaired) electrons. The molecular formula is C21H27N3O2. The molecule has 0 saturated carbocycles. The van der Waals surface area contributed by atoms with Crippen LogP contribution in [0.15, 0.2) is 60.7 Å². The second-order valence-corrected chi connectivity index (χ2v) is 6.51. The van der Waals surface area contributed by atoms with E-state index >= 15 is 0 Å². The van der Waals surface area contributed by atoms with Gasteiger partial charge in [-0.1, -0.05) is 60.7 Å². The summed E-state index contributed by atoms with van der Waals surface area (Å²) >= 11 is 0. The lowest BCUT2D eigenvalue weighted by Crippen LogP contribution is -2.45. The van der Waals surface area contributed by atoms with Crippen molar-refractivity contribution in [3.8, 4) is 0 Å². The maximum absolute atomic E-state index is 12.4. The molecule has 0 aromatic heterocycles. The van der Waals surface area contributed by atoms with E-state index in [1.54, 1.807) is 0 Å². The van der Waals surface area contributed by atoms with Crippen LogP contribution in [0.25, 0.3) is 0 Å². The maximum atomic E-state index is 12.4. The van der Waals surface area contributed by atoms with E-state index in [0.717, 1.165) is 44.8 Å². The third-order valence-electron chi connectivity index (χ3n) is 4.59. The summed E-state index contributed by atoms with van der Waals surface area (Å²) in [5.74, 6) is 0. The van der Waals surface area contributed by atoms with Crippen LogP contribution < -0.4 is 10.6 Å². The number of benzene rings is 2. The number of rotatable bonds is 7. The van der Waals surface area contributed by atoms with Gasteiger partial charge in [-0.25, -0.2) is 4.79 Å². The van der Waals surface area contributed by atoms with Gasteiger partial charge in [-0.2, -0.15) is 0 Å². The van der Waals surface area contributed by atoms with Crippen LogP contribution in [0.1, 0.15) is 17.2 Å². The summed E-state index contributed by atoms with van der Waals surface area (Å²) in [6.45, 7) is 4.73. The van der Waals surface area contributed by atoms with Crippen LogP contribution in [0.4, 0.5) is 4.79 Å². The number of urea groups is 1. The van der Waals surface area contributed by atoms with Crippen LogP contribution in [0.5, 0.6) is 0 Å². The molecule has 0 aliphatic carbocycles. The summed E-state index contributed by atoms with van der Waals surface area (Å²) in [5, 5.41) is 6.11. The number of morpholine rings is 1. The summed E-state index contributed by atoms with van der Waals surface area (Å²) in [4.78, 5) is 14.7. The van der Waals surface area contributed by atoms with Crippen molar-refractivity contribution < 1.29 is 9.53 Å². The molecule has 1 aliphatic rings. The number of hydrogen-bond donors (Lipinski definition) is 2. The molecule has 5 heteroatoms. The first-order valence-corrected chi connectivity index (χ1v) is 9.24. The van der Waals surface area contributed by atoms with Crippen LogP contribution >= 0.6 is 0 Å². The Morgan fingerprint density at radius 1 is 1.00 bits per heavy atom. The molecule has 0 spiro atoms. The van der Waals surface area contributed by atoms with E-state index in [1.165, 1.54) is 5.56 Å². The fourth-order valence-corrected chi connectivity index (χ4v) is 3.14. The molecule has 2 N–H and O–H groups in total. The normalized spacial score (nSPS) is 16.0. The van der Waals surface area contributed by atoms with E-state index in [1.807, 2.05) is 36.4 Å². The third-order valence-corrected chi connectivity index (χ3v) is 4.59. The minimum absolute atomic E-state index is 0.0361. The molecular weight excluding hydrogens is 326 g/mol. The highest BCUT2D eigenvalue weighted by Gasteiger charge is 2.19. The Balaban J connectivity index is 1.53. The third kappa shape index (κ3) is 5.86. The first-order chi connectivity index (χ1) is 12.8. The van der Waals surface area contributed by atoms with Gasteiger partial charge >= 0.3 is 6.03 Å². The van der Waals surface area contributed by atoms with E-state index in [-0.39, 0.29) is 12.1 Å². The Kier molecular flexibility index (Phi) is 7.05. The smallest absolute Gasteiger partial charge is 0.315 e. The number of hydrogen-bond acceptors (Lipinski definition) is 3. The van der Waals surface area contributed by atoms with Crippen molar-refractivity contribution in [1.29, 1.82) is 0 Å². The molecule has 3 rings (SSSR count). The van der Waals surface area contributed by atoms with Crippen molar-refractivity contribution in [2.45, 2.75) is 12.5 Å². The highest BCUT2D eigenvalue weighted by molar-refractivity contribution is 5.74.